The van der Waals surface area contributed by atoms with Crippen molar-refractivity contribution < 1.29 is 9.59 Å². The number of nitrogens with zero attached hydrogens (tertiary/aromatic N) is 1. The van der Waals surface area contributed by atoms with Gasteiger partial charge >= 0.3 is 0 Å². The number of aromatic amines is 1. The first-order valence-corrected chi connectivity index (χ1v) is 9.73. The molecular formula is C23H22N2O2. The quantitative estimate of drug-likeness (QED) is 0.705. The molecule has 2 heterocycles. The van der Waals surface area contributed by atoms with Gasteiger partial charge in [0.25, 0.3) is 0 Å². The van der Waals surface area contributed by atoms with Crippen LogP contribution in [0.25, 0.3) is 10.9 Å². The molecule has 3 atom stereocenters. The van der Waals surface area contributed by atoms with Crippen LogP contribution >= 0.6 is 0 Å². The molecule has 3 aromatic rings. The minimum absolute atomic E-state index is 0.0426. The van der Waals surface area contributed by atoms with Crippen molar-refractivity contribution in [1.29, 1.82) is 0 Å². The Morgan fingerprint density at radius 1 is 1.00 bits per heavy atom. The fourth-order valence-electron chi connectivity index (χ4n) is 5.05. The van der Waals surface area contributed by atoms with Gasteiger partial charge in [-0.25, -0.2) is 4.90 Å². The molecular weight excluding hydrogens is 336 g/mol. The molecule has 4 heteroatoms. The van der Waals surface area contributed by atoms with Crippen molar-refractivity contribution in [2.75, 3.05) is 4.90 Å². The molecule has 0 saturated carbocycles. The number of benzene rings is 2. The molecule has 1 fully saturated rings. The first kappa shape index (κ1) is 16.3. The third-order valence-corrected chi connectivity index (χ3v) is 6.16. The van der Waals surface area contributed by atoms with Crippen LogP contribution in [0, 0.1) is 11.8 Å². The van der Waals surface area contributed by atoms with Crippen LogP contribution in [-0.4, -0.2) is 16.8 Å². The van der Waals surface area contributed by atoms with Gasteiger partial charge in [-0.2, -0.15) is 0 Å². The zero-order valence-corrected chi connectivity index (χ0v) is 15.3. The van der Waals surface area contributed by atoms with Crippen molar-refractivity contribution in [3.05, 3.63) is 65.9 Å². The first-order chi connectivity index (χ1) is 13.2. The summed E-state index contributed by atoms with van der Waals surface area (Å²) in [6, 6.07) is 17.5. The lowest BCUT2D eigenvalue weighted by Crippen LogP contribution is -2.33. The Kier molecular flexibility index (Phi) is 3.67. The number of hydrogen-bond donors (Lipinski definition) is 1. The second-order valence-corrected chi connectivity index (χ2v) is 7.67. The summed E-state index contributed by atoms with van der Waals surface area (Å²) in [4.78, 5) is 31.7. The van der Waals surface area contributed by atoms with E-state index in [9.17, 15) is 9.59 Å². The molecule has 2 aromatic carbocycles. The summed E-state index contributed by atoms with van der Waals surface area (Å²) in [5.41, 5.74) is 3.90. The fraction of sp³-hybridized carbons (Fsp3) is 0.304. The summed E-state index contributed by atoms with van der Waals surface area (Å²) < 4.78 is 0. The van der Waals surface area contributed by atoms with Crippen LogP contribution in [0.1, 0.15) is 36.9 Å². The molecule has 4 nitrogen and oxygen atoms in total. The number of rotatable bonds is 3. The van der Waals surface area contributed by atoms with E-state index in [2.05, 4.69) is 18.0 Å². The maximum atomic E-state index is 13.4. The molecule has 0 bridgehead atoms. The maximum Gasteiger partial charge on any atom is 0.243 e. The molecule has 0 unspecified atom stereocenters. The number of carbonyl (C=O) groups excluding carboxylic acids is 2. The predicted molar refractivity (Wildman–Crippen MR) is 106 cm³/mol. The van der Waals surface area contributed by atoms with Crippen LogP contribution in [-0.2, 0) is 16.0 Å². The third kappa shape index (κ3) is 2.29. The number of aromatic nitrogens is 1. The SMILES string of the molecule is CCC[C@@H]1Cc2c([nH]c3ccccc23)[C@@H]2C(=O)N(c3ccccc3)C(=O)[C@H]12. The summed E-state index contributed by atoms with van der Waals surface area (Å²) in [5, 5.41) is 1.19. The molecule has 1 saturated heterocycles. The van der Waals surface area contributed by atoms with E-state index in [1.54, 1.807) is 0 Å². The molecule has 5 rings (SSSR count). The Bertz CT molecular complexity index is 1040. The standard InChI is InChI=1S/C23H22N2O2/c1-2-8-14-13-17-16-11-6-7-12-18(16)24-21(17)20-19(14)22(26)25(23(20)27)15-9-4-3-5-10-15/h3-7,9-12,14,19-20,24H,2,8,13H2,1H3/t14-,19-,20-/m1/s1. The zero-order chi connectivity index (χ0) is 18.5. The smallest absolute Gasteiger partial charge is 0.243 e. The van der Waals surface area contributed by atoms with Crippen LogP contribution < -0.4 is 4.90 Å². The van der Waals surface area contributed by atoms with E-state index < -0.39 is 5.92 Å². The van der Waals surface area contributed by atoms with Crippen LogP contribution in [0.2, 0.25) is 0 Å². The topological polar surface area (TPSA) is 53.2 Å². The highest BCUT2D eigenvalue weighted by atomic mass is 16.2. The minimum atomic E-state index is -0.398. The molecule has 1 aliphatic carbocycles. The Labute approximate surface area is 158 Å². The van der Waals surface area contributed by atoms with E-state index in [1.807, 2.05) is 48.5 Å². The summed E-state index contributed by atoms with van der Waals surface area (Å²) in [7, 11) is 0. The largest absolute Gasteiger partial charge is 0.357 e. The summed E-state index contributed by atoms with van der Waals surface area (Å²) in [6.07, 6.45) is 2.83. The maximum absolute atomic E-state index is 13.4. The second kappa shape index (κ2) is 6.08. The predicted octanol–water partition coefficient (Wildman–Crippen LogP) is 4.41. The van der Waals surface area contributed by atoms with Gasteiger partial charge < -0.3 is 4.98 Å². The number of para-hydroxylation sites is 2. The van der Waals surface area contributed by atoms with E-state index >= 15 is 0 Å². The van der Waals surface area contributed by atoms with Crippen LogP contribution in [0.15, 0.2) is 54.6 Å². The summed E-state index contributed by atoms with van der Waals surface area (Å²) in [5.74, 6) is -0.593. The van der Waals surface area contributed by atoms with Gasteiger partial charge in [0.1, 0.15) is 0 Å². The Hall–Kier alpha value is -2.88. The lowest BCUT2D eigenvalue weighted by Gasteiger charge is -2.30. The molecule has 1 N–H and O–H groups in total. The summed E-state index contributed by atoms with van der Waals surface area (Å²) in [6.45, 7) is 2.15. The molecule has 136 valence electrons. The Morgan fingerprint density at radius 2 is 1.74 bits per heavy atom. The molecule has 0 radical (unpaired) electrons. The van der Waals surface area contributed by atoms with Gasteiger partial charge in [-0.15, -0.1) is 0 Å². The second-order valence-electron chi connectivity index (χ2n) is 7.67. The van der Waals surface area contributed by atoms with E-state index in [1.165, 1.54) is 15.8 Å². The van der Waals surface area contributed by atoms with Gasteiger partial charge in [-0.05, 0) is 42.5 Å². The van der Waals surface area contributed by atoms with Crippen molar-refractivity contribution in [2.45, 2.75) is 32.1 Å². The van der Waals surface area contributed by atoms with Crippen molar-refractivity contribution in [3.63, 3.8) is 0 Å². The van der Waals surface area contributed by atoms with E-state index in [0.717, 1.165) is 30.5 Å². The Morgan fingerprint density at radius 3 is 2.52 bits per heavy atom. The highest BCUT2D eigenvalue weighted by Crippen LogP contribution is 2.49. The van der Waals surface area contributed by atoms with Gasteiger partial charge in [-0.1, -0.05) is 49.7 Å². The molecule has 0 spiro atoms. The van der Waals surface area contributed by atoms with Crippen LogP contribution in [0.4, 0.5) is 5.69 Å². The number of fused-ring (bicyclic) bond motifs is 5. The number of nitrogens with one attached hydrogen (secondary N) is 1. The monoisotopic (exact) mass is 358 g/mol. The van der Waals surface area contributed by atoms with Crippen molar-refractivity contribution in [1.82, 2.24) is 4.98 Å². The number of carbonyl (C=O) groups is 2. The number of imide groups is 1. The third-order valence-electron chi connectivity index (χ3n) is 6.16. The molecule has 1 aromatic heterocycles. The normalized spacial score (nSPS) is 24.3. The molecule has 1 aliphatic heterocycles. The van der Waals surface area contributed by atoms with E-state index in [-0.39, 0.29) is 23.7 Å². The van der Waals surface area contributed by atoms with Gasteiger partial charge in [0, 0.05) is 16.6 Å². The van der Waals surface area contributed by atoms with Crippen molar-refractivity contribution >= 4 is 28.4 Å². The molecule has 2 aliphatic rings. The lowest BCUT2D eigenvalue weighted by molar-refractivity contribution is -0.123. The Balaban J connectivity index is 1.68. The fourth-order valence-corrected chi connectivity index (χ4v) is 5.05. The van der Waals surface area contributed by atoms with E-state index in [4.69, 9.17) is 0 Å². The number of anilines is 1. The number of amides is 2. The van der Waals surface area contributed by atoms with E-state index in [0.29, 0.717) is 5.69 Å². The van der Waals surface area contributed by atoms with Gasteiger partial charge in [-0.3, -0.25) is 9.59 Å². The number of hydrogen-bond acceptors (Lipinski definition) is 2. The first-order valence-electron chi connectivity index (χ1n) is 9.73. The van der Waals surface area contributed by atoms with Gasteiger partial charge in [0.15, 0.2) is 0 Å². The highest BCUT2D eigenvalue weighted by molar-refractivity contribution is 6.24. The van der Waals surface area contributed by atoms with Crippen molar-refractivity contribution in [3.8, 4) is 0 Å². The zero-order valence-electron chi connectivity index (χ0n) is 15.3. The summed E-state index contributed by atoms with van der Waals surface area (Å²) >= 11 is 0. The number of H-pyrrole nitrogens is 1. The molecule has 2 amide bonds. The average Bonchev–Trinajstić information content (AvgIpc) is 3.18. The van der Waals surface area contributed by atoms with Gasteiger partial charge in [0.05, 0.1) is 17.5 Å². The van der Waals surface area contributed by atoms with Gasteiger partial charge in [0.2, 0.25) is 11.8 Å². The van der Waals surface area contributed by atoms with Crippen molar-refractivity contribution in [2.24, 2.45) is 11.8 Å². The lowest BCUT2D eigenvalue weighted by atomic mass is 9.70. The average molecular weight is 358 g/mol. The highest BCUT2D eigenvalue weighted by Gasteiger charge is 2.55. The van der Waals surface area contributed by atoms with Crippen LogP contribution in [0.3, 0.4) is 0 Å². The molecule has 27 heavy (non-hydrogen) atoms. The minimum Gasteiger partial charge on any atom is -0.357 e. The van der Waals surface area contributed by atoms with Crippen LogP contribution in [0.5, 0.6) is 0 Å².